The molecule has 30 heavy (non-hydrogen) atoms. The Morgan fingerprint density at radius 3 is 2.83 bits per heavy atom. The standard InChI is InChI=1S/C23H30N4O3/c28-21-8-7-20(22(29)26-21)27-13-15-9-14(5-6-18(15)23(27)30)10-24-11-16-12-25-19-4-2-1-3-17(16)19/h5-6,9,16-17,19-20,24-25H,1-4,7-8,10-13H2,(H,26,28,29). The van der Waals surface area contributed by atoms with Crippen molar-refractivity contribution in [1.29, 1.82) is 0 Å². The summed E-state index contributed by atoms with van der Waals surface area (Å²) in [6, 6.07) is 6.14. The van der Waals surface area contributed by atoms with Gasteiger partial charge in [0.1, 0.15) is 6.04 Å². The summed E-state index contributed by atoms with van der Waals surface area (Å²) in [7, 11) is 0. The number of nitrogens with one attached hydrogen (secondary N) is 3. The quantitative estimate of drug-likeness (QED) is 0.637. The van der Waals surface area contributed by atoms with Gasteiger partial charge in [0.25, 0.3) is 5.91 Å². The van der Waals surface area contributed by atoms with E-state index in [-0.39, 0.29) is 24.1 Å². The highest BCUT2D eigenvalue weighted by atomic mass is 16.2. The van der Waals surface area contributed by atoms with E-state index in [0.29, 0.717) is 24.4 Å². The van der Waals surface area contributed by atoms with Crippen molar-refractivity contribution in [3.63, 3.8) is 0 Å². The molecule has 3 N–H and O–H groups in total. The molecule has 1 aromatic carbocycles. The van der Waals surface area contributed by atoms with Crippen LogP contribution >= 0.6 is 0 Å². The third-order valence-corrected chi connectivity index (χ3v) is 7.39. The number of benzene rings is 1. The lowest BCUT2D eigenvalue weighted by Gasteiger charge is -2.29. The predicted molar refractivity (Wildman–Crippen MR) is 111 cm³/mol. The van der Waals surface area contributed by atoms with E-state index in [9.17, 15) is 14.4 Å². The average Bonchev–Trinajstić information content (AvgIpc) is 3.29. The minimum absolute atomic E-state index is 0.112. The van der Waals surface area contributed by atoms with Gasteiger partial charge in [0.15, 0.2) is 0 Å². The van der Waals surface area contributed by atoms with Crippen molar-refractivity contribution >= 4 is 17.7 Å². The smallest absolute Gasteiger partial charge is 0.255 e. The zero-order valence-electron chi connectivity index (χ0n) is 17.3. The monoisotopic (exact) mass is 410 g/mol. The number of carbonyl (C=O) groups is 3. The summed E-state index contributed by atoms with van der Waals surface area (Å²) in [4.78, 5) is 38.0. The zero-order valence-corrected chi connectivity index (χ0v) is 17.3. The first-order valence-corrected chi connectivity index (χ1v) is 11.3. The van der Waals surface area contributed by atoms with E-state index in [1.807, 2.05) is 12.1 Å². The number of rotatable bonds is 5. The molecule has 160 valence electrons. The molecule has 1 aliphatic carbocycles. The molecule has 0 spiro atoms. The predicted octanol–water partition coefficient (Wildman–Crippen LogP) is 1.32. The van der Waals surface area contributed by atoms with Crippen LogP contribution in [-0.2, 0) is 22.7 Å². The summed E-state index contributed by atoms with van der Waals surface area (Å²) in [5.74, 6) is 0.783. The van der Waals surface area contributed by atoms with Crippen LogP contribution in [0.3, 0.4) is 0 Å². The molecule has 0 aromatic heterocycles. The van der Waals surface area contributed by atoms with E-state index < -0.39 is 6.04 Å². The highest BCUT2D eigenvalue weighted by Gasteiger charge is 2.39. The van der Waals surface area contributed by atoms with Crippen molar-refractivity contribution in [3.8, 4) is 0 Å². The van der Waals surface area contributed by atoms with Gasteiger partial charge in [-0.3, -0.25) is 19.7 Å². The molecule has 3 fully saturated rings. The van der Waals surface area contributed by atoms with Crippen LogP contribution in [0.2, 0.25) is 0 Å². The second kappa shape index (κ2) is 8.12. The number of nitrogens with zero attached hydrogens (tertiary/aromatic N) is 1. The number of piperidine rings is 1. The Labute approximate surface area is 177 Å². The Balaban J connectivity index is 1.18. The molecule has 1 saturated carbocycles. The van der Waals surface area contributed by atoms with Crippen LogP contribution in [0.15, 0.2) is 18.2 Å². The molecule has 4 unspecified atom stereocenters. The van der Waals surface area contributed by atoms with E-state index in [0.717, 1.165) is 42.7 Å². The average molecular weight is 411 g/mol. The fraction of sp³-hybridized carbons (Fsp3) is 0.609. The Hall–Kier alpha value is -2.25. The van der Waals surface area contributed by atoms with Gasteiger partial charge in [-0.2, -0.15) is 0 Å². The van der Waals surface area contributed by atoms with Gasteiger partial charge >= 0.3 is 0 Å². The summed E-state index contributed by atoms with van der Waals surface area (Å²) < 4.78 is 0. The maximum Gasteiger partial charge on any atom is 0.255 e. The molecule has 2 saturated heterocycles. The van der Waals surface area contributed by atoms with Crippen LogP contribution in [-0.4, -0.2) is 47.8 Å². The molecule has 7 heteroatoms. The van der Waals surface area contributed by atoms with Gasteiger partial charge in [0.2, 0.25) is 11.8 Å². The topological polar surface area (TPSA) is 90.5 Å². The lowest BCUT2D eigenvalue weighted by Crippen LogP contribution is -2.52. The Morgan fingerprint density at radius 1 is 1.10 bits per heavy atom. The molecule has 1 aromatic rings. The molecule has 4 aliphatic rings. The molecule has 3 amide bonds. The van der Waals surface area contributed by atoms with Crippen LogP contribution in [0, 0.1) is 11.8 Å². The van der Waals surface area contributed by atoms with Crippen LogP contribution in [0.5, 0.6) is 0 Å². The van der Waals surface area contributed by atoms with Crippen molar-refractivity contribution in [2.75, 3.05) is 13.1 Å². The van der Waals surface area contributed by atoms with Gasteiger partial charge in [-0.15, -0.1) is 0 Å². The van der Waals surface area contributed by atoms with E-state index in [4.69, 9.17) is 0 Å². The highest BCUT2D eigenvalue weighted by Crippen LogP contribution is 2.34. The Morgan fingerprint density at radius 2 is 1.97 bits per heavy atom. The number of imide groups is 1. The van der Waals surface area contributed by atoms with Gasteiger partial charge in [-0.05, 0) is 61.4 Å². The minimum atomic E-state index is -0.553. The Kier molecular flexibility index (Phi) is 5.33. The zero-order chi connectivity index (χ0) is 20.7. The third kappa shape index (κ3) is 3.65. The fourth-order valence-electron chi connectivity index (χ4n) is 5.79. The van der Waals surface area contributed by atoms with Gasteiger partial charge in [0.05, 0.1) is 0 Å². The first-order valence-electron chi connectivity index (χ1n) is 11.3. The Bertz CT molecular complexity index is 870. The maximum absolute atomic E-state index is 12.8. The molecule has 3 aliphatic heterocycles. The highest BCUT2D eigenvalue weighted by molar-refractivity contribution is 6.05. The summed E-state index contributed by atoms with van der Waals surface area (Å²) >= 11 is 0. The number of carbonyl (C=O) groups excluding carboxylic acids is 3. The second-order valence-electron chi connectivity index (χ2n) is 9.25. The molecule has 4 atom stereocenters. The second-order valence-corrected chi connectivity index (χ2v) is 9.25. The van der Waals surface area contributed by atoms with E-state index in [1.54, 1.807) is 4.90 Å². The summed E-state index contributed by atoms with van der Waals surface area (Å²) in [6.45, 7) is 3.35. The summed E-state index contributed by atoms with van der Waals surface area (Å²) in [5.41, 5.74) is 2.81. The van der Waals surface area contributed by atoms with Gasteiger partial charge in [-0.25, -0.2) is 0 Å². The van der Waals surface area contributed by atoms with Gasteiger partial charge < -0.3 is 15.5 Å². The first-order chi connectivity index (χ1) is 14.6. The van der Waals surface area contributed by atoms with Crippen molar-refractivity contribution in [2.45, 2.75) is 63.7 Å². The fourth-order valence-corrected chi connectivity index (χ4v) is 5.79. The van der Waals surface area contributed by atoms with E-state index >= 15 is 0 Å². The van der Waals surface area contributed by atoms with Crippen molar-refractivity contribution < 1.29 is 14.4 Å². The van der Waals surface area contributed by atoms with E-state index in [2.05, 4.69) is 22.0 Å². The molecule has 7 nitrogen and oxygen atoms in total. The first kappa shape index (κ1) is 19.7. The van der Waals surface area contributed by atoms with Crippen molar-refractivity contribution in [1.82, 2.24) is 20.9 Å². The van der Waals surface area contributed by atoms with Crippen molar-refractivity contribution in [2.24, 2.45) is 11.8 Å². The summed E-state index contributed by atoms with van der Waals surface area (Å²) in [5, 5.41) is 9.68. The SMILES string of the molecule is O=C1CCC(N2Cc3cc(CNCC4CNC5CCCCC45)ccc3C2=O)C(=O)N1. The number of fused-ring (bicyclic) bond motifs is 2. The molecular weight excluding hydrogens is 380 g/mol. The number of hydrogen-bond donors (Lipinski definition) is 3. The summed E-state index contributed by atoms with van der Waals surface area (Å²) in [6.07, 6.45) is 6.07. The number of amides is 3. The van der Waals surface area contributed by atoms with Crippen LogP contribution in [0.1, 0.15) is 60.0 Å². The minimum Gasteiger partial charge on any atom is -0.322 e. The number of hydrogen-bond acceptors (Lipinski definition) is 5. The normalized spacial score (nSPS) is 30.9. The van der Waals surface area contributed by atoms with Crippen molar-refractivity contribution in [3.05, 3.63) is 34.9 Å². The third-order valence-electron chi connectivity index (χ3n) is 7.39. The lowest BCUT2D eigenvalue weighted by molar-refractivity contribution is -0.136. The van der Waals surface area contributed by atoms with Gasteiger partial charge in [0, 0.05) is 31.1 Å². The largest absolute Gasteiger partial charge is 0.322 e. The molecule has 0 radical (unpaired) electrons. The molecule has 5 rings (SSSR count). The molecule has 0 bridgehead atoms. The molecule has 3 heterocycles. The van der Waals surface area contributed by atoms with Crippen LogP contribution in [0.25, 0.3) is 0 Å². The van der Waals surface area contributed by atoms with Crippen LogP contribution in [0.4, 0.5) is 0 Å². The molecular formula is C23H30N4O3. The maximum atomic E-state index is 12.8. The van der Waals surface area contributed by atoms with Gasteiger partial charge in [-0.1, -0.05) is 25.0 Å². The van der Waals surface area contributed by atoms with Crippen LogP contribution < -0.4 is 16.0 Å². The van der Waals surface area contributed by atoms with E-state index in [1.165, 1.54) is 25.7 Å². The lowest BCUT2D eigenvalue weighted by atomic mass is 9.80.